The largest absolute Gasteiger partial charge is 0.296 e. The van der Waals surface area contributed by atoms with Gasteiger partial charge in [-0.25, -0.2) is 13.1 Å². The van der Waals surface area contributed by atoms with E-state index in [9.17, 15) is 13.2 Å². The Morgan fingerprint density at radius 3 is 2.45 bits per heavy atom. The van der Waals surface area contributed by atoms with Crippen LogP contribution < -0.4 is 10.0 Å². The normalized spacial score (nSPS) is 12.5. The Labute approximate surface area is 174 Å². The van der Waals surface area contributed by atoms with Crippen LogP contribution in [0, 0.1) is 13.8 Å². The van der Waals surface area contributed by atoms with E-state index in [1.807, 2.05) is 51.1 Å². The van der Waals surface area contributed by atoms with Gasteiger partial charge in [-0.2, -0.15) is 0 Å². The van der Waals surface area contributed by atoms with E-state index in [1.165, 1.54) is 0 Å². The van der Waals surface area contributed by atoms with Crippen molar-refractivity contribution < 1.29 is 13.2 Å². The van der Waals surface area contributed by atoms with Crippen LogP contribution >= 0.6 is 11.3 Å². The van der Waals surface area contributed by atoms with Gasteiger partial charge in [0.15, 0.2) is 0 Å². The number of hydrogen-bond acceptors (Lipinski definition) is 6. The number of amides is 1. The average molecular weight is 431 g/mol. The molecule has 1 amide bonds. The number of carbonyl (C=O) groups excluding carboxylic acids is 1. The average Bonchev–Trinajstić information content (AvgIpc) is 3.16. The zero-order valence-corrected chi connectivity index (χ0v) is 18.0. The monoisotopic (exact) mass is 430 g/mol. The SMILES string of the molecule is CC[C@H](NS(=O)(=O)c1nnc(NC(=O)c2cccc(C)c2)s1)c1ccc(C)cc1. The Hall–Kier alpha value is -2.62. The Bertz CT molecular complexity index is 1110. The molecule has 0 aliphatic rings. The summed E-state index contributed by atoms with van der Waals surface area (Å²) < 4.78 is 28.0. The zero-order valence-electron chi connectivity index (χ0n) is 16.3. The molecular formula is C20H22N4O3S2. The van der Waals surface area contributed by atoms with Crippen molar-refractivity contribution >= 4 is 32.4 Å². The van der Waals surface area contributed by atoms with E-state index in [2.05, 4.69) is 20.2 Å². The zero-order chi connectivity index (χ0) is 21.0. The summed E-state index contributed by atoms with van der Waals surface area (Å²) in [6, 6.07) is 14.4. The fraction of sp³-hybridized carbons (Fsp3) is 0.250. The van der Waals surface area contributed by atoms with Crippen molar-refractivity contribution in [2.24, 2.45) is 0 Å². The lowest BCUT2D eigenvalue weighted by molar-refractivity contribution is 0.102. The van der Waals surface area contributed by atoms with Gasteiger partial charge in [-0.3, -0.25) is 10.1 Å². The second-order valence-electron chi connectivity index (χ2n) is 6.69. The van der Waals surface area contributed by atoms with Crippen LogP contribution in [0.4, 0.5) is 5.13 Å². The molecule has 0 aliphatic heterocycles. The van der Waals surface area contributed by atoms with Gasteiger partial charge in [0.25, 0.3) is 15.9 Å². The number of hydrogen-bond donors (Lipinski definition) is 2. The molecule has 0 spiro atoms. The Kier molecular flexibility index (Phi) is 6.41. The molecule has 7 nitrogen and oxygen atoms in total. The lowest BCUT2D eigenvalue weighted by Crippen LogP contribution is -2.28. The molecule has 0 aliphatic carbocycles. The molecule has 3 rings (SSSR count). The van der Waals surface area contributed by atoms with Crippen molar-refractivity contribution in [2.45, 2.75) is 37.6 Å². The van der Waals surface area contributed by atoms with Gasteiger partial charge >= 0.3 is 0 Å². The van der Waals surface area contributed by atoms with Crippen molar-refractivity contribution in [1.29, 1.82) is 0 Å². The van der Waals surface area contributed by atoms with E-state index >= 15 is 0 Å². The molecule has 0 radical (unpaired) electrons. The molecule has 9 heteroatoms. The molecule has 1 heterocycles. The van der Waals surface area contributed by atoms with Crippen LogP contribution in [0.3, 0.4) is 0 Å². The highest BCUT2D eigenvalue weighted by molar-refractivity contribution is 7.91. The fourth-order valence-electron chi connectivity index (χ4n) is 2.75. The highest BCUT2D eigenvalue weighted by Crippen LogP contribution is 2.24. The summed E-state index contributed by atoms with van der Waals surface area (Å²) in [7, 11) is -3.87. The third-order valence-electron chi connectivity index (χ3n) is 4.32. The van der Waals surface area contributed by atoms with Gasteiger partial charge in [-0.05, 0) is 38.0 Å². The molecule has 0 bridgehead atoms. The Balaban J connectivity index is 1.74. The molecule has 0 saturated carbocycles. The molecule has 29 heavy (non-hydrogen) atoms. The van der Waals surface area contributed by atoms with Crippen molar-refractivity contribution in [3.05, 3.63) is 70.8 Å². The predicted molar refractivity (Wildman–Crippen MR) is 114 cm³/mol. The first-order chi connectivity index (χ1) is 13.8. The van der Waals surface area contributed by atoms with E-state index in [-0.39, 0.29) is 21.4 Å². The quantitative estimate of drug-likeness (QED) is 0.555. The summed E-state index contributed by atoms with van der Waals surface area (Å²) >= 11 is 0.813. The van der Waals surface area contributed by atoms with Crippen LogP contribution in [0.5, 0.6) is 0 Å². The summed E-state index contributed by atoms with van der Waals surface area (Å²) in [6.45, 7) is 5.76. The first kappa shape index (κ1) is 21.1. The first-order valence-corrected chi connectivity index (χ1v) is 11.4. The van der Waals surface area contributed by atoms with Gasteiger partial charge in [0.05, 0.1) is 0 Å². The molecule has 0 fully saturated rings. The highest BCUT2D eigenvalue weighted by atomic mass is 32.2. The molecule has 1 atom stereocenters. The smallest absolute Gasteiger partial charge is 0.270 e. The lowest BCUT2D eigenvalue weighted by atomic mass is 10.0. The Morgan fingerprint density at radius 1 is 1.07 bits per heavy atom. The molecule has 2 aromatic carbocycles. The lowest BCUT2D eigenvalue weighted by Gasteiger charge is -2.16. The maximum atomic E-state index is 12.7. The van der Waals surface area contributed by atoms with Crippen molar-refractivity contribution in [3.8, 4) is 0 Å². The standard InChI is InChI=1S/C20H22N4O3S2/c1-4-17(15-10-8-13(2)9-11-15)24-29(26,27)20-23-22-19(28-20)21-18(25)16-7-5-6-14(3)12-16/h5-12,17,24H,4H2,1-3H3,(H,21,22,25)/t17-/m0/s1. The maximum Gasteiger partial charge on any atom is 0.270 e. The van der Waals surface area contributed by atoms with Crippen LogP contribution in [-0.2, 0) is 10.0 Å². The molecule has 152 valence electrons. The van der Waals surface area contributed by atoms with Crippen LogP contribution in [-0.4, -0.2) is 24.5 Å². The molecule has 2 N–H and O–H groups in total. The first-order valence-electron chi connectivity index (χ1n) is 9.09. The molecular weight excluding hydrogens is 408 g/mol. The summed E-state index contributed by atoms with van der Waals surface area (Å²) in [5, 5.41) is 10.3. The van der Waals surface area contributed by atoms with Gasteiger partial charge in [-0.15, -0.1) is 10.2 Å². The predicted octanol–water partition coefficient (Wildman–Crippen LogP) is 3.84. The fourth-order valence-corrected chi connectivity index (χ4v) is 4.97. The van der Waals surface area contributed by atoms with Crippen LogP contribution in [0.25, 0.3) is 0 Å². The van der Waals surface area contributed by atoms with Crippen molar-refractivity contribution in [1.82, 2.24) is 14.9 Å². The number of nitrogens with one attached hydrogen (secondary N) is 2. The number of sulfonamides is 1. The molecule has 3 aromatic rings. The summed E-state index contributed by atoms with van der Waals surface area (Å²) in [5.74, 6) is -0.368. The second-order valence-corrected chi connectivity index (χ2v) is 9.55. The summed E-state index contributed by atoms with van der Waals surface area (Å²) in [4.78, 5) is 12.3. The number of benzene rings is 2. The number of carbonyl (C=O) groups is 1. The Morgan fingerprint density at radius 2 is 1.79 bits per heavy atom. The minimum Gasteiger partial charge on any atom is -0.296 e. The van der Waals surface area contributed by atoms with E-state index in [4.69, 9.17) is 0 Å². The van der Waals surface area contributed by atoms with E-state index in [1.54, 1.807) is 18.2 Å². The van der Waals surface area contributed by atoms with Gasteiger partial charge in [0.2, 0.25) is 9.47 Å². The van der Waals surface area contributed by atoms with Crippen LogP contribution in [0.1, 0.15) is 46.4 Å². The summed E-state index contributed by atoms with van der Waals surface area (Å²) in [5.41, 5.74) is 3.39. The van der Waals surface area contributed by atoms with Gasteiger partial charge < -0.3 is 0 Å². The molecule has 0 saturated heterocycles. The number of aromatic nitrogens is 2. The van der Waals surface area contributed by atoms with Gasteiger partial charge in [-0.1, -0.05) is 65.8 Å². The van der Waals surface area contributed by atoms with Gasteiger partial charge in [0.1, 0.15) is 0 Å². The molecule has 1 aromatic heterocycles. The molecule has 0 unspecified atom stereocenters. The highest BCUT2D eigenvalue weighted by Gasteiger charge is 2.25. The van der Waals surface area contributed by atoms with Crippen LogP contribution in [0.2, 0.25) is 0 Å². The topological polar surface area (TPSA) is 101 Å². The van der Waals surface area contributed by atoms with E-state index in [0.717, 1.165) is 28.0 Å². The minimum atomic E-state index is -3.87. The van der Waals surface area contributed by atoms with Crippen LogP contribution in [0.15, 0.2) is 52.9 Å². The second kappa shape index (κ2) is 8.81. The van der Waals surface area contributed by atoms with Crippen molar-refractivity contribution in [2.75, 3.05) is 5.32 Å². The van der Waals surface area contributed by atoms with Crippen molar-refractivity contribution in [3.63, 3.8) is 0 Å². The number of anilines is 1. The third kappa shape index (κ3) is 5.26. The maximum absolute atomic E-state index is 12.7. The minimum absolute atomic E-state index is 0.125. The number of rotatable bonds is 7. The van der Waals surface area contributed by atoms with E-state index in [0.29, 0.717) is 12.0 Å². The number of nitrogens with zero attached hydrogens (tertiary/aromatic N) is 2. The number of aryl methyl sites for hydroxylation is 2. The third-order valence-corrected chi connectivity index (χ3v) is 7.00. The van der Waals surface area contributed by atoms with E-state index < -0.39 is 10.0 Å². The van der Waals surface area contributed by atoms with Gasteiger partial charge in [0, 0.05) is 11.6 Å². The summed E-state index contributed by atoms with van der Waals surface area (Å²) in [6.07, 6.45) is 0.581.